The lowest BCUT2D eigenvalue weighted by atomic mass is 10.3. The summed E-state index contributed by atoms with van der Waals surface area (Å²) in [5.41, 5.74) is 0.242. The largest absolute Gasteiger partial charge is 0.503 e. The first-order chi connectivity index (χ1) is 10.6. The maximum Gasteiger partial charge on any atom is 0.294 e. The summed E-state index contributed by atoms with van der Waals surface area (Å²) < 4.78 is 56.8. The molecule has 124 valence electrons. The summed E-state index contributed by atoms with van der Waals surface area (Å²) in [5, 5.41) is 15.7. The van der Waals surface area contributed by atoms with Crippen LogP contribution in [-0.2, 0) is 10.1 Å². The van der Waals surface area contributed by atoms with Crippen LogP contribution in [0.5, 0.6) is 0 Å². The Kier molecular flexibility index (Phi) is 6.55. The third kappa shape index (κ3) is 5.89. The Labute approximate surface area is 135 Å². The van der Waals surface area contributed by atoms with E-state index in [9.17, 15) is 17.2 Å². The number of aliphatic hydroxyl groups is 1. The number of azo groups is 1. The van der Waals surface area contributed by atoms with Gasteiger partial charge in [-0.2, -0.15) is 18.6 Å². The van der Waals surface area contributed by atoms with Crippen LogP contribution in [0.4, 0.5) is 14.5 Å². The summed E-state index contributed by atoms with van der Waals surface area (Å²) in [6.45, 7) is 2.67. The fourth-order valence-corrected chi connectivity index (χ4v) is 1.83. The highest BCUT2D eigenvalue weighted by Crippen LogP contribution is 2.22. The van der Waals surface area contributed by atoms with E-state index in [1.165, 1.54) is 12.1 Å². The number of hydrogen-bond donors (Lipinski definition) is 2. The molecule has 1 aromatic rings. The van der Waals surface area contributed by atoms with Crippen molar-refractivity contribution in [1.82, 2.24) is 0 Å². The van der Waals surface area contributed by atoms with Crippen LogP contribution in [-0.4, -0.2) is 24.6 Å². The van der Waals surface area contributed by atoms with Gasteiger partial charge in [0.25, 0.3) is 10.1 Å². The zero-order valence-electron chi connectivity index (χ0n) is 11.4. The van der Waals surface area contributed by atoms with Gasteiger partial charge in [-0.1, -0.05) is 18.2 Å². The van der Waals surface area contributed by atoms with E-state index in [-0.39, 0.29) is 17.1 Å². The second kappa shape index (κ2) is 7.95. The molecule has 10 heteroatoms. The average molecular weight is 365 g/mol. The second-order valence-corrected chi connectivity index (χ2v) is 5.89. The average Bonchev–Trinajstić information content (AvgIpc) is 2.49. The maximum absolute atomic E-state index is 13.3. The molecule has 0 saturated heterocycles. The third-order valence-corrected chi connectivity index (χ3v) is 3.38. The van der Waals surface area contributed by atoms with Crippen molar-refractivity contribution in [2.45, 2.75) is 4.90 Å². The molecule has 0 saturated carbocycles. The van der Waals surface area contributed by atoms with Crippen molar-refractivity contribution in [3.63, 3.8) is 0 Å². The third-order valence-electron chi connectivity index (χ3n) is 2.35. The Morgan fingerprint density at radius 3 is 2.35 bits per heavy atom. The SMILES string of the molecule is C=C(Cl)/C(F)=C(O)\C(F)=C/CN=Nc1ccc(S(=O)(=O)O)cc1. The standard InChI is InChI=1S/C13H11ClF2N2O4S/c1-8(14)12(16)13(19)11(15)6-7-17-18-9-2-4-10(5-3-9)23(20,21)22/h2-6,19H,1,7H2,(H,20,21,22)/b11-6+,13-12-,18-17?. The van der Waals surface area contributed by atoms with Crippen LogP contribution in [0.25, 0.3) is 0 Å². The topological polar surface area (TPSA) is 99.3 Å². The molecular formula is C13H11ClF2N2O4S. The molecule has 0 fully saturated rings. The molecule has 0 spiro atoms. The van der Waals surface area contributed by atoms with Crippen LogP contribution in [0, 0.1) is 0 Å². The molecule has 6 nitrogen and oxygen atoms in total. The number of benzene rings is 1. The van der Waals surface area contributed by atoms with E-state index in [1.807, 2.05) is 0 Å². The van der Waals surface area contributed by atoms with Crippen LogP contribution in [0.15, 0.2) is 74.5 Å². The normalized spacial score (nSPS) is 14.0. The second-order valence-electron chi connectivity index (χ2n) is 4.01. The molecule has 0 aliphatic heterocycles. The summed E-state index contributed by atoms with van der Waals surface area (Å²) in [7, 11) is -4.30. The minimum absolute atomic E-state index is 0.242. The van der Waals surface area contributed by atoms with E-state index in [1.54, 1.807) is 0 Å². The first-order valence-electron chi connectivity index (χ1n) is 5.87. The molecule has 0 aliphatic rings. The fourth-order valence-electron chi connectivity index (χ4n) is 1.26. The van der Waals surface area contributed by atoms with E-state index in [0.29, 0.717) is 0 Å². The molecule has 0 amide bonds. The van der Waals surface area contributed by atoms with Gasteiger partial charge in [0, 0.05) is 0 Å². The van der Waals surface area contributed by atoms with Gasteiger partial charge < -0.3 is 5.11 Å². The number of rotatable bonds is 6. The summed E-state index contributed by atoms with van der Waals surface area (Å²) in [6.07, 6.45) is 0.755. The molecule has 1 rings (SSSR count). The van der Waals surface area contributed by atoms with Crippen molar-refractivity contribution in [2.24, 2.45) is 10.2 Å². The molecule has 2 N–H and O–H groups in total. The van der Waals surface area contributed by atoms with E-state index < -0.39 is 32.6 Å². The van der Waals surface area contributed by atoms with Crippen molar-refractivity contribution >= 4 is 27.4 Å². The van der Waals surface area contributed by atoms with Crippen LogP contribution in [0.3, 0.4) is 0 Å². The summed E-state index contributed by atoms with van der Waals surface area (Å²) in [4.78, 5) is -0.311. The molecule has 0 aromatic heterocycles. The van der Waals surface area contributed by atoms with Gasteiger partial charge in [-0.25, -0.2) is 8.78 Å². The van der Waals surface area contributed by atoms with Crippen LogP contribution >= 0.6 is 11.6 Å². The molecule has 23 heavy (non-hydrogen) atoms. The molecule has 0 aliphatic carbocycles. The Balaban J connectivity index is 2.75. The van der Waals surface area contributed by atoms with E-state index in [2.05, 4.69) is 16.8 Å². The lowest BCUT2D eigenvalue weighted by Crippen LogP contribution is -1.96. The fraction of sp³-hybridized carbons (Fsp3) is 0.0769. The zero-order chi connectivity index (χ0) is 17.6. The van der Waals surface area contributed by atoms with Gasteiger partial charge in [-0.3, -0.25) is 4.55 Å². The van der Waals surface area contributed by atoms with Crippen molar-refractivity contribution in [2.75, 3.05) is 6.54 Å². The predicted molar refractivity (Wildman–Crippen MR) is 80.6 cm³/mol. The molecule has 1 aromatic carbocycles. The monoisotopic (exact) mass is 364 g/mol. The molecular weight excluding hydrogens is 354 g/mol. The lowest BCUT2D eigenvalue weighted by molar-refractivity contribution is 0.365. The minimum atomic E-state index is -4.30. The van der Waals surface area contributed by atoms with Gasteiger partial charge in [-0.15, -0.1) is 0 Å². The highest BCUT2D eigenvalue weighted by atomic mass is 35.5. The highest BCUT2D eigenvalue weighted by molar-refractivity contribution is 7.85. The molecule has 0 bridgehead atoms. The molecule has 0 heterocycles. The number of aliphatic hydroxyl groups excluding tert-OH is 1. The van der Waals surface area contributed by atoms with Crippen molar-refractivity contribution in [3.8, 4) is 0 Å². The predicted octanol–water partition coefficient (Wildman–Crippen LogP) is 4.36. The van der Waals surface area contributed by atoms with Crippen LogP contribution in [0.1, 0.15) is 0 Å². The van der Waals surface area contributed by atoms with E-state index in [0.717, 1.165) is 18.2 Å². The van der Waals surface area contributed by atoms with Crippen molar-refractivity contribution in [3.05, 3.63) is 59.4 Å². The summed E-state index contributed by atoms with van der Waals surface area (Å²) >= 11 is 5.17. The Morgan fingerprint density at radius 1 is 1.30 bits per heavy atom. The van der Waals surface area contributed by atoms with Crippen molar-refractivity contribution in [1.29, 1.82) is 0 Å². The highest BCUT2D eigenvalue weighted by Gasteiger charge is 2.11. The summed E-state index contributed by atoms with van der Waals surface area (Å²) in [5.74, 6) is -3.97. The lowest BCUT2D eigenvalue weighted by Gasteiger charge is -1.98. The number of allylic oxidation sites excluding steroid dienone is 3. The first-order valence-corrected chi connectivity index (χ1v) is 7.69. The van der Waals surface area contributed by atoms with Gasteiger partial charge in [0.05, 0.1) is 22.2 Å². The molecule has 0 radical (unpaired) electrons. The number of nitrogens with zero attached hydrogens (tertiary/aromatic N) is 2. The van der Waals surface area contributed by atoms with Gasteiger partial charge in [0.15, 0.2) is 17.4 Å². The van der Waals surface area contributed by atoms with Crippen LogP contribution in [0.2, 0.25) is 0 Å². The Morgan fingerprint density at radius 2 is 1.87 bits per heavy atom. The van der Waals surface area contributed by atoms with Gasteiger partial charge in [0.1, 0.15) is 0 Å². The number of hydrogen-bond acceptors (Lipinski definition) is 5. The van der Waals surface area contributed by atoms with E-state index in [4.69, 9.17) is 21.3 Å². The Hall–Kier alpha value is -2.10. The summed E-state index contributed by atoms with van der Waals surface area (Å²) in [6, 6.07) is 4.74. The van der Waals surface area contributed by atoms with Crippen molar-refractivity contribution < 1.29 is 26.9 Å². The quantitative estimate of drug-likeness (QED) is 0.339. The van der Waals surface area contributed by atoms with Crippen LogP contribution < -0.4 is 0 Å². The smallest absolute Gasteiger partial charge is 0.294 e. The minimum Gasteiger partial charge on any atom is -0.503 e. The molecule has 0 unspecified atom stereocenters. The van der Waals surface area contributed by atoms with E-state index >= 15 is 0 Å². The molecule has 0 atom stereocenters. The van der Waals surface area contributed by atoms with Gasteiger partial charge in [0.2, 0.25) is 0 Å². The Bertz CT molecular complexity index is 787. The van der Waals surface area contributed by atoms with Gasteiger partial charge >= 0.3 is 0 Å². The number of halogens is 3. The maximum atomic E-state index is 13.3. The zero-order valence-corrected chi connectivity index (χ0v) is 13.0. The first kappa shape index (κ1) is 18.9. The van der Waals surface area contributed by atoms with Gasteiger partial charge in [-0.05, 0) is 30.3 Å².